The molecule has 12 aromatic rings. The lowest BCUT2D eigenvalue weighted by molar-refractivity contribution is 0.669. The van der Waals surface area contributed by atoms with Crippen LogP contribution in [0.25, 0.3) is 97.0 Å². The molecule has 0 amide bonds. The average molecular weight is 770 g/mol. The summed E-state index contributed by atoms with van der Waals surface area (Å²) in [5, 5.41) is 9.58. The van der Waals surface area contributed by atoms with Gasteiger partial charge in [0.15, 0.2) is 0 Å². The van der Waals surface area contributed by atoms with E-state index in [4.69, 9.17) is 4.42 Å². The van der Waals surface area contributed by atoms with Crippen molar-refractivity contribution in [3.05, 3.63) is 212 Å². The molecular formula is C56H35NOS. The molecule has 12 rings (SSSR count). The molecule has 2 aromatic heterocycles. The van der Waals surface area contributed by atoms with Gasteiger partial charge in [-0.2, -0.15) is 0 Å². The molecule has 0 fully saturated rings. The molecule has 0 saturated carbocycles. The Bertz CT molecular complexity index is 3550. The fourth-order valence-electron chi connectivity index (χ4n) is 9.06. The minimum absolute atomic E-state index is 0.860. The van der Waals surface area contributed by atoms with Gasteiger partial charge in [-0.15, -0.1) is 11.3 Å². The Morgan fingerprint density at radius 2 is 1.00 bits per heavy atom. The molecular weight excluding hydrogens is 735 g/mol. The van der Waals surface area contributed by atoms with Gasteiger partial charge >= 0.3 is 0 Å². The minimum Gasteiger partial charge on any atom is -0.456 e. The maximum absolute atomic E-state index is 6.75. The molecule has 276 valence electrons. The predicted molar refractivity (Wildman–Crippen MR) is 253 cm³/mol. The van der Waals surface area contributed by atoms with Gasteiger partial charge in [-0.25, -0.2) is 0 Å². The summed E-state index contributed by atoms with van der Waals surface area (Å²) < 4.78 is 9.27. The first kappa shape index (κ1) is 33.7. The highest BCUT2D eigenvalue weighted by Gasteiger charge is 2.26. The van der Waals surface area contributed by atoms with Crippen LogP contribution in [-0.2, 0) is 0 Å². The molecule has 0 aliphatic heterocycles. The van der Waals surface area contributed by atoms with Crippen molar-refractivity contribution in [3.8, 4) is 33.4 Å². The van der Waals surface area contributed by atoms with E-state index in [1.807, 2.05) is 11.3 Å². The number of furan rings is 1. The monoisotopic (exact) mass is 769 g/mol. The van der Waals surface area contributed by atoms with Gasteiger partial charge in [0, 0.05) is 31.2 Å². The molecule has 0 aliphatic carbocycles. The van der Waals surface area contributed by atoms with Crippen molar-refractivity contribution in [3.63, 3.8) is 0 Å². The van der Waals surface area contributed by atoms with Crippen molar-refractivity contribution in [2.45, 2.75) is 0 Å². The van der Waals surface area contributed by atoms with Gasteiger partial charge in [0.05, 0.1) is 16.8 Å². The number of thiophene rings is 1. The van der Waals surface area contributed by atoms with E-state index in [0.717, 1.165) is 50.1 Å². The van der Waals surface area contributed by atoms with Crippen LogP contribution in [0.5, 0.6) is 0 Å². The normalized spacial score (nSPS) is 11.7. The molecule has 0 atom stereocenters. The van der Waals surface area contributed by atoms with Crippen molar-refractivity contribution in [2.75, 3.05) is 4.90 Å². The van der Waals surface area contributed by atoms with Gasteiger partial charge in [0.2, 0.25) is 0 Å². The first-order valence-corrected chi connectivity index (χ1v) is 20.9. The quantitative estimate of drug-likeness (QED) is 0.157. The predicted octanol–water partition coefficient (Wildman–Crippen LogP) is 16.7. The first-order chi connectivity index (χ1) is 29.2. The van der Waals surface area contributed by atoms with Crippen LogP contribution in [0.1, 0.15) is 0 Å². The molecule has 0 N–H and O–H groups in total. The van der Waals surface area contributed by atoms with Crippen molar-refractivity contribution in [1.82, 2.24) is 0 Å². The van der Waals surface area contributed by atoms with Crippen molar-refractivity contribution in [2.24, 2.45) is 0 Å². The van der Waals surface area contributed by atoms with E-state index in [1.54, 1.807) is 0 Å². The lowest BCUT2D eigenvalue weighted by Crippen LogP contribution is -2.11. The topological polar surface area (TPSA) is 16.4 Å². The molecule has 0 aliphatic rings. The van der Waals surface area contributed by atoms with Crippen LogP contribution in [0, 0.1) is 0 Å². The van der Waals surface area contributed by atoms with Gasteiger partial charge in [0.25, 0.3) is 0 Å². The van der Waals surface area contributed by atoms with Gasteiger partial charge in [-0.3, -0.25) is 0 Å². The van der Waals surface area contributed by atoms with E-state index in [1.165, 1.54) is 64.0 Å². The van der Waals surface area contributed by atoms with Crippen molar-refractivity contribution < 1.29 is 4.42 Å². The molecule has 0 radical (unpaired) electrons. The molecule has 59 heavy (non-hydrogen) atoms. The zero-order valence-electron chi connectivity index (χ0n) is 32.0. The number of benzene rings is 10. The fourth-order valence-corrected chi connectivity index (χ4v) is 10.4. The third-order valence-corrected chi connectivity index (χ3v) is 13.0. The van der Waals surface area contributed by atoms with Crippen LogP contribution in [-0.4, -0.2) is 0 Å². The summed E-state index contributed by atoms with van der Waals surface area (Å²) in [5.74, 6) is 0. The molecule has 2 nitrogen and oxygen atoms in total. The summed E-state index contributed by atoms with van der Waals surface area (Å²) in [6.45, 7) is 0. The second-order valence-corrected chi connectivity index (χ2v) is 16.3. The van der Waals surface area contributed by atoms with Crippen LogP contribution in [0.4, 0.5) is 17.1 Å². The Balaban J connectivity index is 1.21. The molecule has 0 spiro atoms. The second-order valence-electron chi connectivity index (χ2n) is 15.2. The Kier molecular flexibility index (Phi) is 7.75. The third-order valence-electron chi connectivity index (χ3n) is 11.8. The number of nitrogens with zero attached hydrogens (tertiary/aromatic N) is 1. The first-order valence-electron chi connectivity index (χ1n) is 20.1. The van der Waals surface area contributed by atoms with E-state index in [0.29, 0.717) is 0 Å². The van der Waals surface area contributed by atoms with E-state index in [9.17, 15) is 0 Å². The summed E-state index contributed by atoms with van der Waals surface area (Å²) in [6, 6.07) is 77.0. The average Bonchev–Trinajstić information content (AvgIpc) is 3.89. The lowest BCUT2D eigenvalue weighted by Gasteiger charge is -2.28. The number of para-hydroxylation sites is 1. The smallest absolute Gasteiger partial charge is 0.138 e. The molecule has 2 heterocycles. The summed E-state index contributed by atoms with van der Waals surface area (Å²) in [4.78, 5) is 2.50. The summed E-state index contributed by atoms with van der Waals surface area (Å²) in [6.07, 6.45) is 0. The van der Waals surface area contributed by atoms with Crippen LogP contribution < -0.4 is 4.90 Å². The Labute approximate surface area is 345 Å². The zero-order valence-corrected chi connectivity index (χ0v) is 32.8. The Hall–Kier alpha value is -7.46. The van der Waals surface area contributed by atoms with Gasteiger partial charge in [-0.1, -0.05) is 170 Å². The van der Waals surface area contributed by atoms with E-state index in [2.05, 4.69) is 217 Å². The van der Waals surface area contributed by atoms with E-state index >= 15 is 0 Å². The van der Waals surface area contributed by atoms with Crippen LogP contribution in [0.3, 0.4) is 0 Å². The fraction of sp³-hybridized carbons (Fsp3) is 0. The standard InChI is InChI=1S/C56H35NOS/c1-4-14-36(15-5-1)40-26-28-48-53(35-40)59-56-46(38-18-8-3-9-19-38)30-31-49(55(48)56)57(43-27-29-45-41(32-43)25-24-39-20-10-11-21-44(39)45)50-33-42(37-16-6-2-7-17-37)34-52-54(50)47-22-12-13-23-51(47)58-52/h1-35H. The Morgan fingerprint density at radius 1 is 0.356 bits per heavy atom. The van der Waals surface area contributed by atoms with Crippen molar-refractivity contribution in [1.29, 1.82) is 0 Å². The zero-order chi connectivity index (χ0) is 38.9. The second kappa shape index (κ2) is 13.6. The maximum atomic E-state index is 6.75. The lowest BCUT2D eigenvalue weighted by atomic mass is 9.96. The molecule has 0 bridgehead atoms. The van der Waals surface area contributed by atoms with Gasteiger partial charge in [-0.05, 0) is 97.4 Å². The number of fused-ring (bicyclic) bond motifs is 9. The van der Waals surface area contributed by atoms with Crippen LogP contribution in [0.15, 0.2) is 217 Å². The van der Waals surface area contributed by atoms with Crippen LogP contribution in [0.2, 0.25) is 0 Å². The van der Waals surface area contributed by atoms with Crippen LogP contribution >= 0.6 is 11.3 Å². The summed E-state index contributed by atoms with van der Waals surface area (Å²) in [7, 11) is 0. The minimum atomic E-state index is 0.860. The largest absolute Gasteiger partial charge is 0.456 e. The highest BCUT2D eigenvalue weighted by atomic mass is 32.1. The highest BCUT2D eigenvalue weighted by molar-refractivity contribution is 7.26. The highest BCUT2D eigenvalue weighted by Crippen LogP contribution is 2.52. The summed E-state index contributed by atoms with van der Waals surface area (Å²) >= 11 is 1.88. The third kappa shape index (κ3) is 5.55. The van der Waals surface area contributed by atoms with E-state index < -0.39 is 0 Å². The number of hydrogen-bond donors (Lipinski definition) is 0. The summed E-state index contributed by atoms with van der Waals surface area (Å²) in [5.41, 5.74) is 12.1. The molecule has 3 heteroatoms. The molecule has 10 aromatic carbocycles. The van der Waals surface area contributed by atoms with Crippen molar-refractivity contribution >= 4 is 92.1 Å². The van der Waals surface area contributed by atoms with E-state index in [-0.39, 0.29) is 0 Å². The SMILES string of the molecule is c1ccc(-c2cc(N(c3ccc4c(ccc5ccccc54)c3)c3ccc(-c4ccccc4)c4sc5cc(-c6ccccc6)ccc5c34)c3c(c2)oc2ccccc23)cc1. The number of rotatable bonds is 6. The number of anilines is 3. The maximum Gasteiger partial charge on any atom is 0.138 e. The number of hydrogen-bond acceptors (Lipinski definition) is 3. The molecule has 0 unspecified atom stereocenters. The van der Waals surface area contributed by atoms with Gasteiger partial charge in [0.1, 0.15) is 11.2 Å². The van der Waals surface area contributed by atoms with Gasteiger partial charge < -0.3 is 9.32 Å². The Morgan fingerprint density at radius 3 is 1.80 bits per heavy atom. The molecule has 0 saturated heterocycles.